The fraction of sp³-hybridized carbons (Fsp3) is 0.400. The number of rotatable bonds is 4. The molecule has 118 valence electrons. The number of hydrogen-bond donors (Lipinski definition) is 1. The maximum atomic E-state index is 12.6. The van der Waals surface area contributed by atoms with E-state index in [1.165, 1.54) is 4.90 Å². The second kappa shape index (κ2) is 7.40. The number of hydrogen-bond acceptors (Lipinski definition) is 4. The molecule has 1 aromatic carbocycles. The summed E-state index contributed by atoms with van der Waals surface area (Å²) < 4.78 is 5.66. The highest BCUT2D eigenvalue weighted by molar-refractivity contribution is 9.10. The Kier molecular flexibility index (Phi) is 5.54. The van der Waals surface area contributed by atoms with E-state index in [0.717, 1.165) is 4.47 Å². The van der Waals surface area contributed by atoms with Gasteiger partial charge >= 0.3 is 5.97 Å². The number of carbonyl (C=O) groups is 3. The van der Waals surface area contributed by atoms with Gasteiger partial charge in [0, 0.05) is 23.1 Å². The van der Waals surface area contributed by atoms with Crippen LogP contribution in [0.5, 0.6) is 0 Å². The van der Waals surface area contributed by atoms with Crippen molar-refractivity contribution in [1.29, 1.82) is 0 Å². The first-order chi connectivity index (χ1) is 10.5. The van der Waals surface area contributed by atoms with E-state index >= 15 is 0 Å². The molecule has 2 amide bonds. The van der Waals surface area contributed by atoms with Crippen molar-refractivity contribution in [3.8, 4) is 0 Å². The summed E-state index contributed by atoms with van der Waals surface area (Å²) in [5.41, 5.74) is 0.470. The van der Waals surface area contributed by atoms with E-state index in [4.69, 9.17) is 4.74 Å². The molecule has 0 aliphatic carbocycles. The van der Waals surface area contributed by atoms with Crippen LogP contribution in [-0.2, 0) is 14.3 Å². The molecule has 0 saturated carbocycles. The molecule has 2 rings (SSSR count). The highest BCUT2D eigenvalue weighted by atomic mass is 79.9. The van der Waals surface area contributed by atoms with Crippen LogP contribution in [0, 0.1) is 0 Å². The van der Waals surface area contributed by atoms with E-state index in [-0.39, 0.29) is 24.8 Å². The van der Waals surface area contributed by atoms with E-state index in [1.54, 1.807) is 25.1 Å². The number of esters is 1. The van der Waals surface area contributed by atoms with E-state index < -0.39 is 12.0 Å². The summed E-state index contributed by atoms with van der Waals surface area (Å²) in [6.07, 6.45) is -0.139. The first kappa shape index (κ1) is 16.5. The van der Waals surface area contributed by atoms with Gasteiger partial charge in [-0.15, -0.1) is 0 Å². The predicted octanol–water partition coefficient (Wildman–Crippen LogP) is 1.34. The van der Waals surface area contributed by atoms with Crippen LogP contribution < -0.4 is 5.32 Å². The lowest BCUT2D eigenvalue weighted by Gasteiger charge is -2.34. The number of benzene rings is 1. The monoisotopic (exact) mass is 368 g/mol. The first-order valence-electron chi connectivity index (χ1n) is 7.02. The van der Waals surface area contributed by atoms with Gasteiger partial charge in [0.25, 0.3) is 5.91 Å². The van der Waals surface area contributed by atoms with E-state index in [2.05, 4.69) is 21.2 Å². The molecule has 22 heavy (non-hydrogen) atoms. The molecule has 1 unspecified atom stereocenters. The third-order valence-corrected chi connectivity index (χ3v) is 3.82. The van der Waals surface area contributed by atoms with Crippen molar-refractivity contribution in [2.24, 2.45) is 0 Å². The molecule has 1 atom stereocenters. The fourth-order valence-corrected chi connectivity index (χ4v) is 2.73. The topological polar surface area (TPSA) is 75.7 Å². The zero-order valence-corrected chi connectivity index (χ0v) is 13.8. The Morgan fingerprint density at radius 1 is 1.45 bits per heavy atom. The molecule has 7 heteroatoms. The number of nitrogens with one attached hydrogen (secondary N) is 1. The van der Waals surface area contributed by atoms with Gasteiger partial charge < -0.3 is 15.0 Å². The molecule has 0 aromatic heterocycles. The summed E-state index contributed by atoms with van der Waals surface area (Å²) in [7, 11) is 0. The maximum Gasteiger partial charge on any atom is 0.308 e. The highest BCUT2D eigenvalue weighted by Crippen LogP contribution is 2.17. The Bertz CT molecular complexity index is 591. The largest absolute Gasteiger partial charge is 0.466 e. The number of ether oxygens (including phenoxy) is 1. The number of amides is 2. The lowest BCUT2D eigenvalue weighted by molar-refractivity contribution is -0.147. The average molecular weight is 369 g/mol. The van der Waals surface area contributed by atoms with Crippen molar-refractivity contribution in [2.75, 3.05) is 19.7 Å². The van der Waals surface area contributed by atoms with Crippen molar-refractivity contribution < 1.29 is 19.1 Å². The second-order valence-electron chi connectivity index (χ2n) is 4.82. The van der Waals surface area contributed by atoms with Crippen LogP contribution in [0.2, 0.25) is 0 Å². The summed E-state index contributed by atoms with van der Waals surface area (Å²) in [5.74, 6) is -1.09. The van der Waals surface area contributed by atoms with Gasteiger partial charge in [-0.2, -0.15) is 0 Å². The summed E-state index contributed by atoms with van der Waals surface area (Å²) in [6, 6.07) is 6.11. The molecule has 0 bridgehead atoms. The standard InChI is InChI=1S/C15H17BrN2O4/c1-2-22-13(19)9-12-14(20)17-6-7-18(12)15(21)10-4-3-5-11(16)8-10/h3-5,8,12H,2,6-7,9H2,1H3,(H,17,20). The summed E-state index contributed by atoms with van der Waals surface area (Å²) >= 11 is 3.32. The molecule has 6 nitrogen and oxygen atoms in total. The van der Waals surface area contributed by atoms with E-state index in [1.807, 2.05) is 6.07 Å². The summed E-state index contributed by atoms with van der Waals surface area (Å²) in [4.78, 5) is 37.7. The third kappa shape index (κ3) is 3.85. The van der Waals surface area contributed by atoms with Crippen LogP contribution in [-0.4, -0.2) is 48.4 Å². The number of carbonyl (C=O) groups excluding carboxylic acids is 3. The van der Waals surface area contributed by atoms with Gasteiger partial charge in [0.2, 0.25) is 5.91 Å². The molecule has 1 aliphatic rings. The zero-order valence-electron chi connectivity index (χ0n) is 12.2. The van der Waals surface area contributed by atoms with Crippen LogP contribution in [0.1, 0.15) is 23.7 Å². The number of nitrogens with zero attached hydrogens (tertiary/aromatic N) is 1. The lowest BCUT2D eigenvalue weighted by Crippen LogP contribution is -2.57. The van der Waals surface area contributed by atoms with Crippen LogP contribution in [0.15, 0.2) is 28.7 Å². The van der Waals surface area contributed by atoms with Gasteiger partial charge in [-0.25, -0.2) is 0 Å². The quantitative estimate of drug-likeness (QED) is 0.813. The smallest absolute Gasteiger partial charge is 0.308 e. The molecule has 0 spiro atoms. The predicted molar refractivity (Wildman–Crippen MR) is 83.2 cm³/mol. The van der Waals surface area contributed by atoms with Crippen molar-refractivity contribution in [1.82, 2.24) is 10.2 Å². The van der Waals surface area contributed by atoms with Gasteiger partial charge in [-0.05, 0) is 25.1 Å². The van der Waals surface area contributed by atoms with Gasteiger partial charge in [0.05, 0.1) is 13.0 Å². The lowest BCUT2D eigenvalue weighted by atomic mass is 10.1. The van der Waals surface area contributed by atoms with Crippen LogP contribution >= 0.6 is 15.9 Å². The number of piperazine rings is 1. The van der Waals surface area contributed by atoms with Crippen molar-refractivity contribution in [3.63, 3.8) is 0 Å². The van der Waals surface area contributed by atoms with E-state index in [0.29, 0.717) is 18.7 Å². The molecule has 1 aromatic rings. The van der Waals surface area contributed by atoms with Crippen molar-refractivity contribution >= 4 is 33.7 Å². The SMILES string of the molecule is CCOC(=O)CC1C(=O)NCCN1C(=O)c1cccc(Br)c1. The van der Waals surface area contributed by atoms with Gasteiger partial charge in [0.15, 0.2) is 0 Å². The summed E-state index contributed by atoms with van der Waals surface area (Å²) in [5, 5.41) is 2.68. The minimum atomic E-state index is -0.834. The highest BCUT2D eigenvalue weighted by Gasteiger charge is 2.35. The molecule has 0 radical (unpaired) electrons. The van der Waals surface area contributed by atoms with Crippen LogP contribution in [0.4, 0.5) is 0 Å². The maximum absolute atomic E-state index is 12.6. The Morgan fingerprint density at radius 2 is 2.23 bits per heavy atom. The molecular formula is C15H17BrN2O4. The van der Waals surface area contributed by atoms with Gasteiger partial charge in [-0.3, -0.25) is 14.4 Å². The third-order valence-electron chi connectivity index (χ3n) is 3.33. The van der Waals surface area contributed by atoms with Crippen LogP contribution in [0.25, 0.3) is 0 Å². The van der Waals surface area contributed by atoms with Gasteiger partial charge in [-0.1, -0.05) is 22.0 Å². The average Bonchev–Trinajstić information content (AvgIpc) is 2.49. The minimum absolute atomic E-state index is 0.139. The molecule has 1 saturated heterocycles. The molecule has 1 N–H and O–H groups in total. The zero-order chi connectivity index (χ0) is 16.1. The van der Waals surface area contributed by atoms with Gasteiger partial charge in [0.1, 0.15) is 6.04 Å². The Balaban J connectivity index is 2.19. The fourth-order valence-electron chi connectivity index (χ4n) is 2.33. The minimum Gasteiger partial charge on any atom is -0.466 e. The Labute approximate surface area is 136 Å². The summed E-state index contributed by atoms with van der Waals surface area (Å²) in [6.45, 7) is 2.68. The molecule has 1 aliphatic heterocycles. The van der Waals surface area contributed by atoms with Crippen molar-refractivity contribution in [2.45, 2.75) is 19.4 Å². The molecule has 1 heterocycles. The Hall–Kier alpha value is -1.89. The van der Waals surface area contributed by atoms with Crippen molar-refractivity contribution in [3.05, 3.63) is 34.3 Å². The second-order valence-corrected chi connectivity index (χ2v) is 5.74. The number of halogens is 1. The Morgan fingerprint density at radius 3 is 2.91 bits per heavy atom. The molecule has 1 fully saturated rings. The van der Waals surface area contributed by atoms with Crippen LogP contribution in [0.3, 0.4) is 0 Å². The molecular weight excluding hydrogens is 352 g/mol. The normalized spacial score (nSPS) is 17.8. The van der Waals surface area contributed by atoms with E-state index in [9.17, 15) is 14.4 Å². The first-order valence-corrected chi connectivity index (χ1v) is 7.82.